The van der Waals surface area contributed by atoms with Gasteiger partial charge in [0.05, 0.1) is 12.8 Å². The maximum absolute atomic E-state index is 6.73. The second-order valence-corrected chi connectivity index (χ2v) is 12.4. The summed E-state index contributed by atoms with van der Waals surface area (Å²) in [5.74, 6) is 3.30. The quantitative estimate of drug-likeness (QED) is 0.548. The molecule has 3 nitrogen and oxygen atoms in total. The van der Waals surface area contributed by atoms with Gasteiger partial charge in [0.25, 0.3) is 0 Å². The first-order valence-corrected chi connectivity index (χ1v) is 11.3. The highest BCUT2D eigenvalue weighted by Crippen LogP contribution is 2.41. The molecule has 1 atom stereocenters. The molecular weight excluding hydrogens is 326 g/mol. The monoisotopic (exact) mass is 353 g/mol. The van der Waals surface area contributed by atoms with Gasteiger partial charge in [-0.25, -0.2) is 4.98 Å². The van der Waals surface area contributed by atoms with Gasteiger partial charge in [0.15, 0.2) is 8.32 Å². The lowest BCUT2D eigenvalue weighted by Crippen LogP contribution is -2.42. The first-order chi connectivity index (χ1) is 11.7. The summed E-state index contributed by atoms with van der Waals surface area (Å²) in [5.41, 5.74) is 2.40. The Balaban J connectivity index is 2.56. The van der Waals surface area contributed by atoms with Crippen molar-refractivity contribution in [2.24, 2.45) is 0 Å². The lowest BCUT2D eigenvalue weighted by molar-refractivity contribution is 0.217. The van der Waals surface area contributed by atoms with Crippen molar-refractivity contribution in [3.05, 3.63) is 59.4 Å². The van der Waals surface area contributed by atoms with Crippen molar-refractivity contribution in [3.8, 4) is 18.1 Å². The minimum absolute atomic E-state index is 0.0911. The average Bonchev–Trinajstić information content (AvgIpc) is 2.59. The Kier molecular flexibility index (Phi) is 5.71. The molecule has 0 aliphatic rings. The third-order valence-electron chi connectivity index (χ3n) is 4.79. The van der Waals surface area contributed by atoms with E-state index < -0.39 is 8.32 Å². The van der Waals surface area contributed by atoms with E-state index in [0.29, 0.717) is 11.4 Å². The number of pyridine rings is 1. The number of nitrogens with zero attached hydrogens (tertiary/aromatic N) is 1. The highest BCUT2D eigenvalue weighted by molar-refractivity contribution is 6.74. The van der Waals surface area contributed by atoms with Gasteiger partial charge in [-0.05, 0) is 23.7 Å². The van der Waals surface area contributed by atoms with E-state index in [1.54, 1.807) is 13.2 Å². The molecule has 0 fully saturated rings. The standard InChI is InChI=1S/C21H27NO2Si/c1-8-17-14-18(23-5)15-19(22-17)20(16-12-10-9-11-13-16)24-25(6,7)21(2,3)4/h1,9-15,20H,2-7H3/t20-/m1/s1. The number of benzene rings is 1. The maximum atomic E-state index is 6.73. The van der Waals surface area contributed by atoms with E-state index in [0.717, 1.165) is 11.3 Å². The molecule has 0 aliphatic heterocycles. The average molecular weight is 354 g/mol. The van der Waals surface area contributed by atoms with Crippen LogP contribution in [0.2, 0.25) is 18.1 Å². The first kappa shape index (κ1) is 19.2. The van der Waals surface area contributed by atoms with E-state index in [9.17, 15) is 0 Å². The van der Waals surface area contributed by atoms with Crippen LogP contribution in [0.1, 0.15) is 43.8 Å². The zero-order valence-corrected chi connectivity index (χ0v) is 17.0. The van der Waals surface area contributed by atoms with Crippen LogP contribution in [-0.2, 0) is 4.43 Å². The lowest BCUT2D eigenvalue weighted by atomic mass is 10.1. The maximum Gasteiger partial charge on any atom is 0.193 e. The lowest BCUT2D eigenvalue weighted by Gasteiger charge is -2.39. The molecular formula is C21H27NO2Si. The molecule has 0 amide bonds. The SMILES string of the molecule is C#Cc1cc(OC)cc([C@H](O[Si](C)(C)C(C)(C)C)c2ccccc2)n1. The van der Waals surface area contributed by atoms with Crippen LogP contribution < -0.4 is 4.74 Å². The number of methoxy groups -OCH3 is 1. The molecule has 1 heterocycles. The van der Waals surface area contributed by atoms with Crippen molar-refractivity contribution in [1.29, 1.82) is 0 Å². The Morgan fingerprint density at radius 1 is 1.12 bits per heavy atom. The van der Waals surface area contributed by atoms with Crippen LogP contribution in [0.3, 0.4) is 0 Å². The second kappa shape index (κ2) is 7.43. The Morgan fingerprint density at radius 3 is 2.28 bits per heavy atom. The van der Waals surface area contributed by atoms with E-state index in [-0.39, 0.29) is 11.1 Å². The molecule has 0 bridgehead atoms. The number of ether oxygens (including phenoxy) is 1. The Morgan fingerprint density at radius 2 is 1.76 bits per heavy atom. The normalized spacial score (nSPS) is 13.2. The van der Waals surface area contributed by atoms with E-state index in [1.165, 1.54) is 0 Å². The number of terminal acetylenes is 1. The van der Waals surface area contributed by atoms with Crippen molar-refractivity contribution in [2.45, 2.75) is 45.0 Å². The molecule has 1 aromatic heterocycles. The largest absolute Gasteiger partial charge is 0.497 e. The van der Waals surface area contributed by atoms with Crippen LogP contribution in [0.5, 0.6) is 5.75 Å². The summed E-state index contributed by atoms with van der Waals surface area (Å²) >= 11 is 0. The van der Waals surface area contributed by atoms with Crippen LogP contribution in [0, 0.1) is 12.3 Å². The van der Waals surface area contributed by atoms with Crippen LogP contribution in [-0.4, -0.2) is 20.4 Å². The minimum atomic E-state index is -2.02. The highest BCUT2D eigenvalue weighted by Gasteiger charge is 2.40. The van der Waals surface area contributed by atoms with Crippen LogP contribution in [0.4, 0.5) is 0 Å². The molecule has 2 rings (SSSR count). The zero-order valence-electron chi connectivity index (χ0n) is 16.0. The molecule has 0 saturated carbocycles. The van der Waals surface area contributed by atoms with Crippen molar-refractivity contribution >= 4 is 8.32 Å². The van der Waals surface area contributed by atoms with Gasteiger partial charge < -0.3 is 9.16 Å². The van der Waals surface area contributed by atoms with E-state index in [4.69, 9.17) is 15.6 Å². The Bertz CT molecular complexity index is 758. The molecule has 0 N–H and O–H groups in total. The van der Waals surface area contributed by atoms with Gasteiger partial charge in [-0.2, -0.15) is 0 Å². The van der Waals surface area contributed by atoms with Crippen molar-refractivity contribution in [1.82, 2.24) is 4.98 Å². The second-order valence-electron chi connectivity index (χ2n) is 7.63. The predicted octanol–water partition coefficient (Wildman–Crippen LogP) is 5.18. The summed E-state index contributed by atoms with van der Waals surface area (Å²) in [6.07, 6.45) is 5.30. The predicted molar refractivity (Wildman–Crippen MR) is 105 cm³/mol. The van der Waals surface area contributed by atoms with Gasteiger partial charge in [-0.15, -0.1) is 6.42 Å². The van der Waals surface area contributed by atoms with Gasteiger partial charge in [0.1, 0.15) is 17.5 Å². The molecule has 4 heteroatoms. The van der Waals surface area contributed by atoms with Crippen LogP contribution in [0.15, 0.2) is 42.5 Å². The number of aromatic nitrogens is 1. The smallest absolute Gasteiger partial charge is 0.193 e. The fourth-order valence-corrected chi connectivity index (χ4v) is 3.45. The molecule has 0 aliphatic carbocycles. The van der Waals surface area contributed by atoms with E-state index >= 15 is 0 Å². The number of rotatable bonds is 5. The molecule has 25 heavy (non-hydrogen) atoms. The summed E-state index contributed by atoms with van der Waals surface area (Å²) in [5, 5.41) is 0.0911. The number of hydrogen-bond acceptors (Lipinski definition) is 3. The molecule has 132 valence electrons. The Hall–Kier alpha value is -2.09. The molecule has 0 unspecified atom stereocenters. The third-order valence-corrected chi connectivity index (χ3v) is 9.23. The Labute approximate surface area is 152 Å². The summed E-state index contributed by atoms with van der Waals surface area (Å²) in [6.45, 7) is 11.2. The fourth-order valence-electron chi connectivity index (χ4n) is 2.25. The summed E-state index contributed by atoms with van der Waals surface area (Å²) in [7, 11) is -0.391. The topological polar surface area (TPSA) is 31.4 Å². The van der Waals surface area contributed by atoms with Crippen molar-refractivity contribution in [3.63, 3.8) is 0 Å². The molecule has 2 aromatic rings. The number of hydrogen-bond donors (Lipinski definition) is 0. The highest BCUT2D eigenvalue weighted by atomic mass is 28.4. The zero-order chi connectivity index (χ0) is 18.7. The van der Waals surface area contributed by atoms with E-state index in [1.807, 2.05) is 24.3 Å². The van der Waals surface area contributed by atoms with Gasteiger partial charge >= 0.3 is 0 Å². The summed E-state index contributed by atoms with van der Waals surface area (Å²) in [6, 6.07) is 13.8. The van der Waals surface area contributed by atoms with Crippen molar-refractivity contribution < 1.29 is 9.16 Å². The molecule has 0 spiro atoms. The summed E-state index contributed by atoms with van der Waals surface area (Å²) in [4.78, 5) is 4.62. The fraction of sp³-hybridized carbons (Fsp3) is 0.381. The molecule has 0 saturated heterocycles. The summed E-state index contributed by atoms with van der Waals surface area (Å²) < 4.78 is 12.1. The first-order valence-electron chi connectivity index (χ1n) is 8.43. The van der Waals surface area contributed by atoms with Gasteiger partial charge in [0.2, 0.25) is 0 Å². The van der Waals surface area contributed by atoms with Crippen LogP contribution in [0.25, 0.3) is 0 Å². The molecule has 0 radical (unpaired) electrons. The van der Waals surface area contributed by atoms with Gasteiger partial charge in [-0.1, -0.05) is 57.0 Å². The molecule has 1 aromatic carbocycles. The van der Waals surface area contributed by atoms with Crippen molar-refractivity contribution in [2.75, 3.05) is 7.11 Å². The third kappa shape index (κ3) is 4.50. The minimum Gasteiger partial charge on any atom is -0.497 e. The van der Waals surface area contributed by atoms with E-state index in [2.05, 4.69) is 56.9 Å². The van der Waals surface area contributed by atoms with Gasteiger partial charge in [0, 0.05) is 12.1 Å². The van der Waals surface area contributed by atoms with Gasteiger partial charge in [-0.3, -0.25) is 0 Å². The van der Waals surface area contributed by atoms with Crippen LogP contribution >= 0.6 is 0 Å².